The van der Waals surface area contributed by atoms with Gasteiger partial charge in [0, 0.05) is 13.1 Å². The molecule has 1 amide bonds. The van der Waals surface area contributed by atoms with E-state index in [0.717, 1.165) is 18.4 Å². The van der Waals surface area contributed by atoms with Crippen LogP contribution in [0, 0.1) is 17.6 Å². The maximum absolute atomic E-state index is 13.1. The van der Waals surface area contributed by atoms with Crippen molar-refractivity contribution in [3.05, 3.63) is 65.7 Å². The summed E-state index contributed by atoms with van der Waals surface area (Å²) in [5, 5.41) is 2.94. The summed E-state index contributed by atoms with van der Waals surface area (Å²) in [4.78, 5) is 12.5. The van der Waals surface area contributed by atoms with Gasteiger partial charge in [0.05, 0.1) is 18.6 Å². The van der Waals surface area contributed by atoms with Gasteiger partial charge in [0.15, 0.2) is 0 Å². The number of unbranched alkanes of at least 4 members (excludes halogenated alkanes) is 1. The number of halogens is 2. The van der Waals surface area contributed by atoms with Crippen LogP contribution in [-0.4, -0.2) is 25.6 Å². The van der Waals surface area contributed by atoms with Gasteiger partial charge in [-0.1, -0.05) is 12.1 Å². The van der Waals surface area contributed by atoms with Crippen molar-refractivity contribution >= 4 is 5.91 Å². The topological polar surface area (TPSA) is 62.4 Å². The van der Waals surface area contributed by atoms with E-state index in [1.165, 1.54) is 24.3 Å². The van der Waals surface area contributed by atoms with Crippen molar-refractivity contribution in [2.45, 2.75) is 18.9 Å². The molecule has 0 radical (unpaired) electrons. The van der Waals surface area contributed by atoms with Crippen LogP contribution in [0.2, 0.25) is 0 Å². The Morgan fingerprint density at radius 2 is 1.70 bits per heavy atom. The summed E-state index contributed by atoms with van der Waals surface area (Å²) < 4.78 is 31.4. The van der Waals surface area contributed by atoms with Crippen LogP contribution < -0.4 is 20.9 Å². The number of rotatable bonds is 8. The normalized spacial score (nSPS) is 19.0. The molecule has 2 unspecified atom stereocenters. The molecule has 3 N–H and O–H groups in total. The second-order valence-electron chi connectivity index (χ2n) is 6.46. The highest BCUT2D eigenvalue weighted by molar-refractivity contribution is 5.80. The first kappa shape index (κ1) is 19.3. The van der Waals surface area contributed by atoms with Gasteiger partial charge in [-0.3, -0.25) is 10.2 Å². The van der Waals surface area contributed by atoms with Crippen molar-refractivity contribution in [3.8, 4) is 5.75 Å². The third-order valence-electron chi connectivity index (χ3n) is 4.50. The summed E-state index contributed by atoms with van der Waals surface area (Å²) >= 11 is 0. The minimum atomic E-state index is -0.298. The molecule has 0 bridgehead atoms. The van der Waals surface area contributed by atoms with Gasteiger partial charge in [-0.2, -0.15) is 0 Å². The average Bonchev–Trinajstić information content (AvgIpc) is 3.16. The number of nitrogens with one attached hydrogen (secondary N) is 3. The van der Waals surface area contributed by atoms with Gasteiger partial charge in [-0.25, -0.2) is 14.2 Å². The zero-order valence-corrected chi connectivity index (χ0v) is 14.9. The summed E-state index contributed by atoms with van der Waals surface area (Å²) in [6, 6.07) is 11.9. The van der Waals surface area contributed by atoms with Crippen molar-refractivity contribution in [2.75, 3.05) is 19.7 Å². The zero-order valence-electron chi connectivity index (χ0n) is 14.9. The molecular weight excluding hydrogens is 352 g/mol. The Morgan fingerprint density at radius 3 is 2.41 bits per heavy atom. The highest BCUT2D eigenvalue weighted by Gasteiger charge is 2.33. The van der Waals surface area contributed by atoms with Gasteiger partial charge in [-0.15, -0.1) is 0 Å². The molecule has 1 fully saturated rings. The predicted molar refractivity (Wildman–Crippen MR) is 97.9 cm³/mol. The fraction of sp³-hybridized carbons (Fsp3) is 0.350. The minimum Gasteiger partial charge on any atom is -0.494 e. The first-order chi connectivity index (χ1) is 13.1. The Hall–Kier alpha value is -2.51. The van der Waals surface area contributed by atoms with Gasteiger partial charge in [0.25, 0.3) is 0 Å². The van der Waals surface area contributed by atoms with Crippen LogP contribution in [0.4, 0.5) is 8.78 Å². The number of hydrogen-bond donors (Lipinski definition) is 3. The molecule has 144 valence electrons. The van der Waals surface area contributed by atoms with E-state index in [9.17, 15) is 13.6 Å². The maximum atomic E-state index is 13.1. The smallest absolute Gasteiger partial charge is 0.226 e. The van der Waals surface area contributed by atoms with E-state index >= 15 is 0 Å². The van der Waals surface area contributed by atoms with Gasteiger partial charge in [0.2, 0.25) is 5.91 Å². The molecule has 1 aliphatic heterocycles. The van der Waals surface area contributed by atoms with Crippen LogP contribution in [0.5, 0.6) is 5.75 Å². The lowest BCUT2D eigenvalue weighted by Crippen LogP contribution is -2.35. The lowest BCUT2D eigenvalue weighted by atomic mass is 9.94. The molecule has 5 nitrogen and oxygen atoms in total. The molecule has 1 aliphatic rings. The number of ether oxygens (including phenoxy) is 1. The van der Waals surface area contributed by atoms with Crippen molar-refractivity contribution < 1.29 is 18.3 Å². The van der Waals surface area contributed by atoms with Crippen molar-refractivity contribution in [1.82, 2.24) is 16.2 Å². The fourth-order valence-electron chi connectivity index (χ4n) is 3.02. The highest BCUT2D eigenvalue weighted by Crippen LogP contribution is 2.25. The highest BCUT2D eigenvalue weighted by atomic mass is 19.1. The van der Waals surface area contributed by atoms with Crippen LogP contribution in [0.15, 0.2) is 48.5 Å². The number of hydrazine groups is 1. The second kappa shape index (κ2) is 9.43. The molecule has 3 rings (SSSR count). The van der Waals surface area contributed by atoms with Crippen LogP contribution >= 0.6 is 0 Å². The molecule has 7 heteroatoms. The van der Waals surface area contributed by atoms with Crippen LogP contribution in [0.25, 0.3) is 0 Å². The Morgan fingerprint density at radius 1 is 1.04 bits per heavy atom. The zero-order chi connectivity index (χ0) is 19.1. The van der Waals surface area contributed by atoms with Crippen molar-refractivity contribution in [2.24, 2.45) is 5.92 Å². The number of carbonyl (C=O) groups is 1. The SMILES string of the molecule is O=C(NCCCCOc1ccc(F)cc1)C1CNNC1c1ccc(F)cc1. The first-order valence-electron chi connectivity index (χ1n) is 9.03. The lowest BCUT2D eigenvalue weighted by molar-refractivity contribution is -0.124. The molecule has 2 aromatic rings. The summed E-state index contributed by atoms with van der Waals surface area (Å²) in [6.07, 6.45) is 1.56. The van der Waals surface area contributed by atoms with Crippen molar-refractivity contribution in [1.29, 1.82) is 0 Å². The molecule has 1 heterocycles. The molecule has 0 spiro atoms. The van der Waals surface area contributed by atoms with E-state index in [0.29, 0.717) is 25.4 Å². The molecule has 1 saturated heterocycles. The Kier molecular flexibility index (Phi) is 6.73. The van der Waals surface area contributed by atoms with Gasteiger partial charge >= 0.3 is 0 Å². The van der Waals surface area contributed by atoms with E-state index in [4.69, 9.17) is 4.74 Å². The summed E-state index contributed by atoms with van der Waals surface area (Å²) in [6.45, 7) is 1.58. The fourth-order valence-corrected chi connectivity index (χ4v) is 3.02. The minimum absolute atomic E-state index is 0.0405. The van der Waals surface area contributed by atoms with E-state index in [-0.39, 0.29) is 29.5 Å². The Balaban J connectivity index is 1.37. The molecule has 0 aromatic heterocycles. The van der Waals surface area contributed by atoms with Crippen LogP contribution in [0.3, 0.4) is 0 Å². The average molecular weight is 375 g/mol. The van der Waals surface area contributed by atoms with E-state index < -0.39 is 0 Å². The van der Waals surface area contributed by atoms with E-state index in [1.807, 2.05) is 0 Å². The third kappa shape index (κ3) is 5.48. The molecule has 0 saturated carbocycles. The first-order valence-corrected chi connectivity index (χ1v) is 9.03. The van der Waals surface area contributed by atoms with Crippen LogP contribution in [-0.2, 0) is 4.79 Å². The molecule has 27 heavy (non-hydrogen) atoms. The number of carbonyl (C=O) groups excluding carboxylic acids is 1. The predicted octanol–water partition coefficient (Wildman–Crippen LogP) is 2.71. The second-order valence-corrected chi connectivity index (χ2v) is 6.46. The summed E-state index contributed by atoms with van der Waals surface area (Å²) in [5.41, 5.74) is 6.94. The van der Waals surface area contributed by atoms with Crippen LogP contribution in [0.1, 0.15) is 24.4 Å². The summed E-state index contributed by atoms with van der Waals surface area (Å²) in [7, 11) is 0. The van der Waals surface area contributed by atoms with E-state index in [1.54, 1.807) is 24.3 Å². The maximum Gasteiger partial charge on any atom is 0.226 e. The van der Waals surface area contributed by atoms with Gasteiger partial charge < -0.3 is 10.1 Å². The molecular formula is C20H23F2N3O2. The van der Waals surface area contributed by atoms with Crippen molar-refractivity contribution in [3.63, 3.8) is 0 Å². The van der Waals surface area contributed by atoms with Gasteiger partial charge in [0.1, 0.15) is 17.4 Å². The molecule has 2 aromatic carbocycles. The monoisotopic (exact) mass is 375 g/mol. The van der Waals surface area contributed by atoms with E-state index in [2.05, 4.69) is 16.2 Å². The molecule has 0 aliphatic carbocycles. The largest absolute Gasteiger partial charge is 0.494 e. The number of amides is 1. The molecule has 2 atom stereocenters. The Labute approximate surface area is 157 Å². The third-order valence-corrected chi connectivity index (χ3v) is 4.50. The number of hydrogen-bond acceptors (Lipinski definition) is 4. The van der Waals surface area contributed by atoms with Gasteiger partial charge in [-0.05, 0) is 54.8 Å². The standard InChI is InChI=1S/C20H23F2N3O2/c21-15-5-3-14(4-6-15)19-18(13-24-25-19)20(26)23-11-1-2-12-27-17-9-7-16(22)8-10-17/h3-10,18-19,24-25H,1-2,11-13H2,(H,23,26). The lowest BCUT2D eigenvalue weighted by Gasteiger charge is -2.18. The number of benzene rings is 2. The quantitative estimate of drug-likeness (QED) is 0.621. The summed E-state index contributed by atoms with van der Waals surface area (Å²) in [5.74, 6) is -0.258. The Bertz CT molecular complexity index is 738.